The number of aromatic nitrogens is 2. The van der Waals surface area contributed by atoms with Crippen LogP contribution in [0.2, 0.25) is 0 Å². The van der Waals surface area contributed by atoms with Gasteiger partial charge in [-0.2, -0.15) is 5.10 Å². The van der Waals surface area contributed by atoms with Crippen LogP contribution in [0.4, 0.5) is 0 Å². The van der Waals surface area contributed by atoms with Crippen molar-refractivity contribution in [1.29, 1.82) is 0 Å². The number of nitrogens with zero attached hydrogens (tertiary/aromatic N) is 4. The molecule has 0 aliphatic heterocycles. The van der Waals surface area contributed by atoms with E-state index in [1.807, 2.05) is 11.6 Å². The Bertz CT molecular complexity index is 801. The van der Waals surface area contributed by atoms with Crippen LogP contribution in [0.25, 0.3) is 5.69 Å². The van der Waals surface area contributed by atoms with Gasteiger partial charge in [-0.1, -0.05) is 18.2 Å². The first-order valence-electron chi connectivity index (χ1n) is 10.3. The fraction of sp³-hybridized carbons (Fsp3) is 0.545. The minimum Gasteiger partial charge on any atom is -0.357 e. The third kappa shape index (κ3) is 5.13. The maximum absolute atomic E-state index is 4.85. The molecular formula is C22H34N6. The predicted molar refractivity (Wildman–Crippen MR) is 116 cm³/mol. The number of hydrogen-bond acceptors (Lipinski definition) is 3. The molecule has 0 spiro atoms. The highest BCUT2D eigenvalue weighted by atomic mass is 15.3. The first-order chi connectivity index (χ1) is 13.5. The first-order valence-corrected chi connectivity index (χ1v) is 10.3. The van der Waals surface area contributed by atoms with Gasteiger partial charge in [-0.25, -0.2) is 9.67 Å². The lowest BCUT2D eigenvalue weighted by atomic mass is 10.1. The summed E-state index contributed by atoms with van der Waals surface area (Å²) in [6.07, 6.45) is 2.68. The van der Waals surface area contributed by atoms with E-state index in [1.54, 1.807) is 0 Å². The number of aryl methyl sites for hydroxylation is 2. The number of hydrogen-bond donors (Lipinski definition) is 2. The molecule has 1 aliphatic carbocycles. The molecule has 152 valence electrons. The van der Waals surface area contributed by atoms with Crippen molar-refractivity contribution in [2.75, 3.05) is 27.2 Å². The third-order valence-electron chi connectivity index (χ3n) is 5.29. The largest absolute Gasteiger partial charge is 0.357 e. The molecule has 3 rings (SSSR count). The van der Waals surface area contributed by atoms with E-state index < -0.39 is 0 Å². The summed E-state index contributed by atoms with van der Waals surface area (Å²) in [5, 5.41) is 11.6. The van der Waals surface area contributed by atoms with Gasteiger partial charge in [-0.05, 0) is 71.3 Å². The van der Waals surface area contributed by atoms with Crippen molar-refractivity contribution in [2.24, 2.45) is 10.9 Å². The first kappa shape index (κ1) is 20.4. The highest BCUT2D eigenvalue weighted by molar-refractivity contribution is 5.79. The predicted octanol–water partition coefficient (Wildman–Crippen LogP) is 2.88. The third-order valence-corrected chi connectivity index (χ3v) is 5.29. The van der Waals surface area contributed by atoms with Gasteiger partial charge in [0.25, 0.3) is 0 Å². The van der Waals surface area contributed by atoms with Crippen LogP contribution >= 0.6 is 0 Å². The quantitative estimate of drug-likeness (QED) is 0.544. The summed E-state index contributed by atoms with van der Waals surface area (Å²) in [5.41, 5.74) is 4.42. The molecule has 0 radical (unpaired) electrons. The van der Waals surface area contributed by atoms with Crippen LogP contribution < -0.4 is 10.6 Å². The number of guanidine groups is 1. The van der Waals surface area contributed by atoms with Gasteiger partial charge in [-0.15, -0.1) is 0 Å². The highest BCUT2D eigenvalue weighted by Crippen LogP contribution is 2.34. The van der Waals surface area contributed by atoms with Crippen LogP contribution in [0.15, 0.2) is 35.3 Å². The van der Waals surface area contributed by atoms with Crippen molar-refractivity contribution in [1.82, 2.24) is 25.3 Å². The Morgan fingerprint density at radius 3 is 2.61 bits per heavy atom. The van der Waals surface area contributed by atoms with Crippen LogP contribution in [0.1, 0.15) is 36.7 Å². The summed E-state index contributed by atoms with van der Waals surface area (Å²) in [4.78, 5) is 7.18. The molecule has 1 heterocycles. The fourth-order valence-corrected chi connectivity index (χ4v) is 3.68. The van der Waals surface area contributed by atoms with E-state index >= 15 is 0 Å². The summed E-state index contributed by atoms with van der Waals surface area (Å²) in [6.45, 7) is 8.60. The Kier molecular flexibility index (Phi) is 6.73. The summed E-state index contributed by atoms with van der Waals surface area (Å²) in [6, 6.07) is 11.0. The molecule has 2 N–H and O–H groups in total. The standard InChI is InChI=1S/C22H34N6/c1-6-23-22(25-15-21(27(4)5)18-11-12-18)24-14-19-9-7-8-10-20(19)28-17(3)13-16(2)26-28/h7-10,13,18,21H,6,11-12,14-15H2,1-5H3,(H2,23,24,25). The molecule has 1 aliphatic rings. The van der Waals surface area contributed by atoms with Crippen LogP contribution in [-0.4, -0.2) is 53.9 Å². The number of aliphatic imine (C=N–C) groups is 1. The Labute approximate surface area is 169 Å². The lowest BCUT2D eigenvalue weighted by Gasteiger charge is -2.25. The maximum Gasteiger partial charge on any atom is 0.191 e. The zero-order chi connectivity index (χ0) is 20.1. The molecule has 0 saturated heterocycles. The lowest BCUT2D eigenvalue weighted by Crippen LogP contribution is -2.46. The molecule has 1 aromatic carbocycles. The van der Waals surface area contributed by atoms with Gasteiger partial charge in [0.15, 0.2) is 5.96 Å². The van der Waals surface area contributed by atoms with Crippen molar-refractivity contribution in [3.63, 3.8) is 0 Å². The molecule has 2 aromatic rings. The molecule has 28 heavy (non-hydrogen) atoms. The summed E-state index contributed by atoms with van der Waals surface area (Å²) in [5.74, 6) is 1.69. The monoisotopic (exact) mass is 382 g/mol. The second-order valence-corrected chi connectivity index (χ2v) is 7.91. The SMILES string of the molecule is CCNC(=NCc1ccccc1-n1nc(C)cc1C)NCC(C1CC1)N(C)C. The van der Waals surface area contributed by atoms with Crippen LogP contribution in [-0.2, 0) is 6.54 Å². The van der Waals surface area contributed by atoms with Crippen molar-refractivity contribution in [3.8, 4) is 5.69 Å². The van der Waals surface area contributed by atoms with Gasteiger partial charge in [0.2, 0.25) is 0 Å². The van der Waals surface area contributed by atoms with E-state index in [0.29, 0.717) is 12.6 Å². The van der Waals surface area contributed by atoms with E-state index in [4.69, 9.17) is 4.99 Å². The Morgan fingerprint density at radius 2 is 2.00 bits per heavy atom. The summed E-state index contributed by atoms with van der Waals surface area (Å²) in [7, 11) is 4.33. The fourth-order valence-electron chi connectivity index (χ4n) is 3.68. The smallest absolute Gasteiger partial charge is 0.191 e. The molecule has 1 aromatic heterocycles. The molecular weight excluding hydrogens is 348 g/mol. The topological polar surface area (TPSA) is 57.5 Å². The number of nitrogens with one attached hydrogen (secondary N) is 2. The zero-order valence-electron chi connectivity index (χ0n) is 17.9. The summed E-state index contributed by atoms with van der Waals surface area (Å²) < 4.78 is 2.01. The average Bonchev–Trinajstić information content (AvgIpc) is 3.43. The number of likely N-dealkylation sites (N-methyl/N-ethyl adjacent to an activating group) is 1. The van der Waals surface area contributed by atoms with Crippen molar-refractivity contribution in [2.45, 2.75) is 46.2 Å². The molecule has 6 nitrogen and oxygen atoms in total. The number of benzene rings is 1. The van der Waals surface area contributed by atoms with E-state index in [9.17, 15) is 0 Å². The molecule has 1 saturated carbocycles. The molecule has 1 atom stereocenters. The van der Waals surface area contributed by atoms with Crippen molar-refractivity contribution < 1.29 is 0 Å². The highest BCUT2D eigenvalue weighted by Gasteiger charge is 2.32. The Balaban J connectivity index is 1.73. The minimum atomic E-state index is 0.561. The zero-order valence-corrected chi connectivity index (χ0v) is 17.9. The summed E-state index contributed by atoms with van der Waals surface area (Å²) >= 11 is 0. The van der Waals surface area contributed by atoms with E-state index in [0.717, 1.165) is 47.6 Å². The van der Waals surface area contributed by atoms with Gasteiger partial charge >= 0.3 is 0 Å². The number of rotatable bonds is 8. The van der Waals surface area contributed by atoms with Gasteiger partial charge in [0.1, 0.15) is 0 Å². The molecule has 0 amide bonds. The Morgan fingerprint density at radius 1 is 1.25 bits per heavy atom. The van der Waals surface area contributed by atoms with Crippen LogP contribution in [0.5, 0.6) is 0 Å². The van der Waals surface area contributed by atoms with Crippen molar-refractivity contribution >= 4 is 5.96 Å². The Hall–Kier alpha value is -2.34. The van der Waals surface area contributed by atoms with Gasteiger partial charge in [0.05, 0.1) is 17.9 Å². The van der Waals surface area contributed by atoms with E-state index in [-0.39, 0.29) is 0 Å². The second-order valence-electron chi connectivity index (χ2n) is 7.91. The van der Waals surface area contributed by atoms with Gasteiger partial charge < -0.3 is 15.5 Å². The molecule has 1 fully saturated rings. The molecule has 1 unspecified atom stereocenters. The number of para-hydroxylation sites is 1. The van der Waals surface area contributed by atoms with Gasteiger partial charge in [0, 0.05) is 24.8 Å². The lowest BCUT2D eigenvalue weighted by molar-refractivity contribution is 0.264. The minimum absolute atomic E-state index is 0.561. The van der Waals surface area contributed by atoms with Gasteiger partial charge in [-0.3, -0.25) is 0 Å². The van der Waals surface area contributed by atoms with E-state index in [2.05, 4.69) is 78.9 Å². The maximum atomic E-state index is 4.85. The average molecular weight is 383 g/mol. The van der Waals surface area contributed by atoms with E-state index in [1.165, 1.54) is 12.8 Å². The van der Waals surface area contributed by atoms with Crippen LogP contribution in [0, 0.1) is 19.8 Å². The van der Waals surface area contributed by atoms with Crippen molar-refractivity contribution in [3.05, 3.63) is 47.3 Å². The molecule has 6 heteroatoms. The second kappa shape index (κ2) is 9.24. The normalized spacial score (nSPS) is 15.7. The molecule has 0 bridgehead atoms. The van der Waals surface area contributed by atoms with Crippen LogP contribution in [0.3, 0.4) is 0 Å².